The molecule has 4 bridgehead atoms. The number of carbonyl (C=O) groups excluding carboxylic acids is 1. The van der Waals surface area contributed by atoms with Crippen LogP contribution in [0.5, 0.6) is 0 Å². The van der Waals surface area contributed by atoms with Gasteiger partial charge in [0.15, 0.2) is 0 Å². The van der Waals surface area contributed by atoms with E-state index in [1.165, 1.54) is 25.5 Å². The van der Waals surface area contributed by atoms with Crippen LogP contribution >= 0.6 is 0 Å². The maximum Gasteiger partial charge on any atom is 0.303 e. The summed E-state index contributed by atoms with van der Waals surface area (Å²) in [5, 5.41) is 4.21. The zero-order valence-electron chi connectivity index (χ0n) is 10.4. The van der Waals surface area contributed by atoms with Crippen LogP contribution in [0.15, 0.2) is 5.16 Å². The van der Waals surface area contributed by atoms with E-state index in [9.17, 15) is 4.79 Å². The minimum absolute atomic E-state index is 0.141. The number of hydrogen-bond acceptors (Lipinski definition) is 4. The lowest BCUT2D eigenvalue weighted by molar-refractivity contribution is -0.173. The molecule has 17 heavy (non-hydrogen) atoms. The highest BCUT2D eigenvalue weighted by molar-refractivity contribution is 5.91. The van der Waals surface area contributed by atoms with Gasteiger partial charge in [-0.2, -0.15) is 0 Å². The minimum atomic E-state index is -0.185. The molecule has 0 N–H and O–H groups in total. The minimum Gasteiger partial charge on any atom is -0.459 e. The molecule has 94 valence electrons. The summed E-state index contributed by atoms with van der Waals surface area (Å²) >= 11 is 0. The van der Waals surface area contributed by atoms with Gasteiger partial charge in [-0.15, -0.1) is 0 Å². The fourth-order valence-corrected chi connectivity index (χ4v) is 4.38. The first-order valence-corrected chi connectivity index (χ1v) is 6.42. The van der Waals surface area contributed by atoms with Gasteiger partial charge in [-0.3, -0.25) is 4.79 Å². The van der Waals surface area contributed by atoms with E-state index >= 15 is 0 Å². The van der Waals surface area contributed by atoms with Crippen LogP contribution in [-0.4, -0.2) is 24.4 Å². The van der Waals surface area contributed by atoms with Crippen LogP contribution in [0.25, 0.3) is 0 Å². The Hall–Kier alpha value is -1.06. The van der Waals surface area contributed by atoms with Crippen molar-refractivity contribution in [3.63, 3.8) is 0 Å². The third-order valence-electron chi connectivity index (χ3n) is 4.53. The highest BCUT2D eigenvalue weighted by Gasteiger charge is 2.56. The average Bonchev–Trinajstić information content (AvgIpc) is 2.20. The first kappa shape index (κ1) is 11.1. The molecule has 2 atom stereocenters. The molecule has 4 saturated carbocycles. The van der Waals surface area contributed by atoms with Crippen LogP contribution in [0, 0.1) is 17.8 Å². The lowest BCUT2D eigenvalue weighted by Crippen LogP contribution is -2.56. The van der Waals surface area contributed by atoms with Gasteiger partial charge in [0, 0.05) is 18.8 Å². The first-order valence-electron chi connectivity index (χ1n) is 6.42. The summed E-state index contributed by atoms with van der Waals surface area (Å²) < 4.78 is 5.64. The van der Waals surface area contributed by atoms with Gasteiger partial charge >= 0.3 is 5.97 Å². The molecule has 0 aromatic rings. The van der Waals surface area contributed by atoms with Gasteiger partial charge in [0.05, 0.1) is 5.71 Å². The summed E-state index contributed by atoms with van der Waals surface area (Å²) in [5.74, 6) is 1.51. The van der Waals surface area contributed by atoms with Crippen molar-refractivity contribution in [1.29, 1.82) is 0 Å². The van der Waals surface area contributed by atoms with Crippen molar-refractivity contribution in [2.24, 2.45) is 22.9 Å². The fraction of sp³-hybridized carbons (Fsp3) is 0.846. The molecule has 0 aliphatic heterocycles. The van der Waals surface area contributed by atoms with E-state index in [0.717, 1.165) is 19.3 Å². The maximum absolute atomic E-state index is 11.3. The molecule has 2 unspecified atom stereocenters. The molecule has 4 aliphatic rings. The van der Waals surface area contributed by atoms with Crippen molar-refractivity contribution in [2.75, 3.05) is 7.11 Å². The molecule has 4 fully saturated rings. The largest absolute Gasteiger partial charge is 0.459 e. The third kappa shape index (κ3) is 1.74. The second kappa shape index (κ2) is 3.72. The number of hydrogen-bond donors (Lipinski definition) is 0. The van der Waals surface area contributed by atoms with Crippen LogP contribution in [0.4, 0.5) is 0 Å². The SMILES string of the molecule is CON=C1C2CC3CC1CC(OC(C)=O)(C3)C2. The summed E-state index contributed by atoms with van der Waals surface area (Å²) in [6, 6.07) is 0. The summed E-state index contributed by atoms with van der Waals surface area (Å²) in [6.45, 7) is 1.52. The zero-order chi connectivity index (χ0) is 12.0. The van der Waals surface area contributed by atoms with Crippen molar-refractivity contribution in [1.82, 2.24) is 0 Å². The van der Waals surface area contributed by atoms with Gasteiger partial charge < -0.3 is 9.57 Å². The van der Waals surface area contributed by atoms with Crippen molar-refractivity contribution < 1.29 is 14.4 Å². The van der Waals surface area contributed by atoms with E-state index in [4.69, 9.17) is 9.57 Å². The van der Waals surface area contributed by atoms with Gasteiger partial charge in [0.1, 0.15) is 12.7 Å². The van der Waals surface area contributed by atoms with Crippen molar-refractivity contribution in [2.45, 2.75) is 44.6 Å². The van der Waals surface area contributed by atoms with E-state index in [1.54, 1.807) is 7.11 Å². The zero-order valence-corrected chi connectivity index (χ0v) is 10.4. The molecule has 0 radical (unpaired) electrons. The smallest absolute Gasteiger partial charge is 0.303 e. The molecule has 0 spiro atoms. The second-order valence-corrected chi connectivity index (χ2v) is 5.82. The van der Waals surface area contributed by atoms with Gasteiger partial charge in [-0.1, -0.05) is 5.16 Å². The van der Waals surface area contributed by atoms with Crippen molar-refractivity contribution in [3.05, 3.63) is 0 Å². The number of carbonyl (C=O) groups is 1. The van der Waals surface area contributed by atoms with Crippen LogP contribution in [0.3, 0.4) is 0 Å². The van der Waals surface area contributed by atoms with Gasteiger partial charge in [-0.05, 0) is 38.0 Å². The lowest BCUT2D eigenvalue weighted by Gasteiger charge is -2.55. The molecular weight excluding hydrogens is 218 g/mol. The molecule has 4 heteroatoms. The third-order valence-corrected chi connectivity index (χ3v) is 4.53. The first-order chi connectivity index (χ1) is 8.12. The Balaban J connectivity index is 1.86. The van der Waals surface area contributed by atoms with E-state index < -0.39 is 0 Å². The Morgan fingerprint density at radius 1 is 1.29 bits per heavy atom. The Morgan fingerprint density at radius 3 is 2.47 bits per heavy atom. The standard InChI is InChI=1S/C13H19NO3/c1-8(15)17-13-5-9-3-10(6-13)12(14-16-2)11(4-9)7-13/h9-11H,3-7H2,1-2H3. The normalized spacial score (nSPS) is 42.5. The highest BCUT2D eigenvalue weighted by Crippen LogP contribution is 2.56. The summed E-state index contributed by atoms with van der Waals surface area (Å²) in [5.41, 5.74) is 1.03. The predicted molar refractivity (Wildman–Crippen MR) is 62.5 cm³/mol. The molecule has 4 rings (SSSR count). The van der Waals surface area contributed by atoms with Gasteiger partial charge in [0.2, 0.25) is 0 Å². The second-order valence-electron chi connectivity index (χ2n) is 5.82. The molecule has 4 aliphatic carbocycles. The molecule has 0 saturated heterocycles. The molecule has 0 heterocycles. The lowest BCUT2D eigenvalue weighted by atomic mass is 9.53. The van der Waals surface area contributed by atoms with Crippen molar-refractivity contribution >= 4 is 11.7 Å². The highest BCUT2D eigenvalue weighted by atomic mass is 16.6. The predicted octanol–water partition coefficient (Wildman–Crippen LogP) is 2.13. The van der Waals surface area contributed by atoms with Gasteiger partial charge in [-0.25, -0.2) is 0 Å². The Morgan fingerprint density at radius 2 is 1.94 bits per heavy atom. The molecule has 0 amide bonds. The Bertz CT molecular complexity index is 359. The molecule has 0 aromatic carbocycles. The average molecular weight is 237 g/mol. The van der Waals surface area contributed by atoms with E-state index in [1.807, 2.05) is 0 Å². The number of oxime groups is 1. The topological polar surface area (TPSA) is 47.9 Å². The number of ether oxygens (including phenoxy) is 1. The van der Waals surface area contributed by atoms with E-state index in [2.05, 4.69) is 5.16 Å². The molecule has 4 nitrogen and oxygen atoms in total. The monoisotopic (exact) mass is 237 g/mol. The maximum atomic E-state index is 11.3. The Labute approximate surface area is 101 Å². The summed E-state index contributed by atoms with van der Waals surface area (Å²) in [6.07, 6.45) is 5.34. The van der Waals surface area contributed by atoms with Crippen LogP contribution in [0.1, 0.15) is 39.0 Å². The van der Waals surface area contributed by atoms with E-state index in [0.29, 0.717) is 17.8 Å². The summed E-state index contributed by atoms with van der Waals surface area (Å²) in [7, 11) is 1.61. The quantitative estimate of drug-likeness (QED) is 0.546. The number of nitrogens with zero attached hydrogens (tertiary/aromatic N) is 1. The number of rotatable bonds is 2. The van der Waals surface area contributed by atoms with Crippen molar-refractivity contribution in [3.8, 4) is 0 Å². The number of esters is 1. The van der Waals surface area contributed by atoms with Crippen LogP contribution in [0.2, 0.25) is 0 Å². The molecular formula is C13H19NO3. The van der Waals surface area contributed by atoms with Crippen LogP contribution in [-0.2, 0) is 14.4 Å². The van der Waals surface area contributed by atoms with Gasteiger partial charge in [0.25, 0.3) is 0 Å². The fourth-order valence-electron chi connectivity index (χ4n) is 4.38. The van der Waals surface area contributed by atoms with Crippen LogP contribution < -0.4 is 0 Å². The van der Waals surface area contributed by atoms with E-state index in [-0.39, 0.29) is 11.6 Å². The Kier molecular flexibility index (Phi) is 2.42. The molecule has 0 aromatic heterocycles. The summed E-state index contributed by atoms with van der Waals surface area (Å²) in [4.78, 5) is 16.2.